The van der Waals surface area contributed by atoms with Crippen molar-refractivity contribution in [2.45, 2.75) is 18.7 Å². The van der Waals surface area contributed by atoms with Crippen molar-refractivity contribution in [3.05, 3.63) is 23.2 Å². The third-order valence-electron chi connectivity index (χ3n) is 1.73. The van der Waals surface area contributed by atoms with Gasteiger partial charge in [0.2, 0.25) is 5.28 Å². The van der Waals surface area contributed by atoms with E-state index in [2.05, 4.69) is 9.97 Å². The first-order valence-electron chi connectivity index (χ1n) is 3.52. The molecule has 1 aromatic heterocycles. The highest BCUT2D eigenvalue weighted by Crippen LogP contribution is 2.37. The third kappa shape index (κ3) is 1.96. The largest absolute Gasteiger partial charge is 0.421 e. The van der Waals surface area contributed by atoms with Gasteiger partial charge in [-0.15, -0.1) is 0 Å². The molecular weight excluding hydrogens is 221 g/mol. The predicted molar refractivity (Wildman–Crippen MR) is 42.7 cm³/mol. The van der Waals surface area contributed by atoms with E-state index in [-0.39, 0.29) is 5.28 Å². The minimum Gasteiger partial charge on any atom is -0.376 e. The molecule has 0 saturated heterocycles. The van der Waals surface area contributed by atoms with Crippen molar-refractivity contribution >= 4 is 11.6 Å². The van der Waals surface area contributed by atoms with E-state index in [1.54, 1.807) is 0 Å². The number of halogens is 4. The van der Waals surface area contributed by atoms with Crippen molar-refractivity contribution in [2.24, 2.45) is 0 Å². The summed E-state index contributed by atoms with van der Waals surface area (Å²) in [7, 11) is 0. The van der Waals surface area contributed by atoms with Gasteiger partial charge in [0.25, 0.3) is 0 Å². The van der Waals surface area contributed by atoms with Crippen molar-refractivity contribution in [1.29, 1.82) is 0 Å². The van der Waals surface area contributed by atoms with Crippen molar-refractivity contribution < 1.29 is 18.3 Å². The molecule has 3 nitrogen and oxygen atoms in total. The summed E-state index contributed by atoms with van der Waals surface area (Å²) in [6.07, 6.45) is -3.10. The molecule has 14 heavy (non-hydrogen) atoms. The number of hydrogen-bond acceptors (Lipinski definition) is 3. The molecule has 1 aromatic rings. The Hall–Kier alpha value is -0.880. The average molecular weight is 227 g/mol. The van der Waals surface area contributed by atoms with Crippen LogP contribution in [0.1, 0.15) is 12.5 Å². The van der Waals surface area contributed by atoms with E-state index in [0.29, 0.717) is 6.92 Å². The lowest BCUT2D eigenvalue weighted by molar-refractivity contribution is -0.259. The molecule has 1 atom stereocenters. The summed E-state index contributed by atoms with van der Waals surface area (Å²) in [5, 5.41) is 8.99. The molecule has 0 unspecified atom stereocenters. The molecule has 0 saturated carbocycles. The molecule has 0 bridgehead atoms. The van der Waals surface area contributed by atoms with Crippen LogP contribution in [0, 0.1) is 0 Å². The van der Waals surface area contributed by atoms with Crippen molar-refractivity contribution in [1.82, 2.24) is 9.97 Å². The van der Waals surface area contributed by atoms with Crippen LogP contribution in [0.5, 0.6) is 0 Å². The molecule has 0 radical (unpaired) electrons. The van der Waals surface area contributed by atoms with Crippen LogP contribution in [0.2, 0.25) is 5.28 Å². The van der Waals surface area contributed by atoms with Gasteiger partial charge in [-0.2, -0.15) is 13.2 Å². The van der Waals surface area contributed by atoms with Gasteiger partial charge in [0.05, 0.1) is 0 Å². The molecule has 7 heteroatoms. The number of nitrogens with zero attached hydrogens (tertiary/aromatic N) is 2. The highest BCUT2D eigenvalue weighted by Gasteiger charge is 2.51. The average Bonchev–Trinajstić information content (AvgIpc) is 2.03. The maximum Gasteiger partial charge on any atom is 0.421 e. The number of aliphatic hydroxyl groups is 1. The first kappa shape index (κ1) is 11.2. The normalized spacial score (nSPS) is 16.4. The van der Waals surface area contributed by atoms with E-state index in [9.17, 15) is 13.2 Å². The zero-order chi connectivity index (χ0) is 11.0. The van der Waals surface area contributed by atoms with Gasteiger partial charge < -0.3 is 5.11 Å². The van der Waals surface area contributed by atoms with E-state index < -0.39 is 17.3 Å². The van der Waals surface area contributed by atoms with Gasteiger partial charge in [-0.05, 0) is 18.5 Å². The molecule has 1 rings (SSSR count). The fourth-order valence-corrected chi connectivity index (χ4v) is 0.825. The first-order chi connectivity index (χ1) is 6.25. The molecule has 1 heterocycles. The minimum atomic E-state index is -4.77. The van der Waals surface area contributed by atoms with Crippen LogP contribution in [0.15, 0.2) is 12.4 Å². The fourth-order valence-electron chi connectivity index (χ4n) is 0.727. The van der Waals surface area contributed by atoms with Crippen molar-refractivity contribution in [3.8, 4) is 0 Å². The Balaban J connectivity index is 3.10. The van der Waals surface area contributed by atoms with Crippen LogP contribution in [-0.2, 0) is 5.60 Å². The Labute approximate surface area is 82.6 Å². The molecule has 0 aliphatic rings. The van der Waals surface area contributed by atoms with Crippen molar-refractivity contribution in [2.75, 3.05) is 0 Å². The van der Waals surface area contributed by atoms with Crippen LogP contribution in [0.25, 0.3) is 0 Å². The van der Waals surface area contributed by atoms with Gasteiger partial charge in [0.15, 0.2) is 5.60 Å². The minimum absolute atomic E-state index is 0.174. The first-order valence-corrected chi connectivity index (χ1v) is 3.90. The highest BCUT2D eigenvalue weighted by molar-refractivity contribution is 6.28. The van der Waals surface area contributed by atoms with Crippen LogP contribution in [0.3, 0.4) is 0 Å². The van der Waals surface area contributed by atoms with Crippen LogP contribution >= 0.6 is 11.6 Å². The molecule has 0 amide bonds. The Kier molecular flexibility index (Phi) is 2.69. The highest BCUT2D eigenvalue weighted by atomic mass is 35.5. The summed E-state index contributed by atoms with van der Waals surface area (Å²) in [5.74, 6) is 0. The summed E-state index contributed by atoms with van der Waals surface area (Å²) in [4.78, 5) is 6.71. The Morgan fingerprint density at radius 1 is 1.29 bits per heavy atom. The predicted octanol–water partition coefficient (Wildman–Crippen LogP) is 1.90. The quantitative estimate of drug-likeness (QED) is 0.744. The maximum absolute atomic E-state index is 12.3. The monoisotopic (exact) mass is 226 g/mol. The summed E-state index contributed by atoms with van der Waals surface area (Å²) < 4.78 is 36.8. The van der Waals surface area contributed by atoms with Crippen molar-refractivity contribution in [3.63, 3.8) is 0 Å². The standard InChI is InChI=1S/C7H6ClF3N2O/c1-6(14,7(9,10)11)4-2-12-5(8)13-3-4/h2-3,14H,1H3/t6-/m0/s1. The summed E-state index contributed by atoms with van der Waals surface area (Å²) >= 11 is 5.29. The Morgan fingerprint density at radius 2 is 1.71 bits per heavy atom. The zero-order valence-electron chi connectivity index (χ0n) is 7.01. The molecule has 78 valence electrons. The maximum atomic E-state index is 12.3. The number of alkyl halides is 3. The second-order valence-electron chi connectivity index (χ2n) is 2.81. The fraction of sp³-hybridized carbons (Fsp3) is 0.429. The molecule has 0 fully saturated rings. The van der Waals surface area contributed by atoms with Gasteiger partial charge in [-0.3, -0.25) is 0 Å². The van der Waals surface area contributed by atoms with Gasteiger partial charge >= 0.3 is 6.18 Å². The molecule has 0 aliphatic heterocycles. The Morgan fingerprint density at radius 3 is 2.07 bits per heavy atom. The SMILES string of the molecule is C[C@](O)(c1cnc(Cl)nc1)C(F)(F)F. The zero-order valence-corrected chi connectivity index (χ0v) is 7.76. The van der Waals surface area contributed by atoms with Crippen LogP contribution in [-0.4, -0.2) is 21.3 Å². The second-order valence-corrected chi connectivity index (χ2v) is 3.15. The van der Waals surface area contributed by atoms with Gasteiger partial charge in [0, 0.05) is 18.0 Å². The van der Waals surface area contributed by atoms with E-state index in [0.717, 1.165) is 12.4 Å². The van der Waals surface area contributed by atoms with Crippen LogP contribution < -0.4 is 0 Å². The lowest BCUT2D eigenvalue weighted by Gasteiger charge is -2.25. The summed E-state index contributed by atoms with van der Waals surface area (Å²) in [6, 6.07) is 0. The second kappa shape index (κ2) is 3.36. The molecule has 0 aliphatic carbocycles. The molecule has 0 spiro atoms. The van der Waals surface area contributed by atoms with Gasteiger partial charge in [-0.1, -0.05) is 0 Å². The van der Waals surface area contributed by atoms with E-state index in [1.165, 1.54) is 0 Å². The number of hydrogen-bond donors (Lipinski definition) is 1. The lowest BCUT2D eigenvalue weighted by atomic mass is 9.99. The summed E-state index contributed by atoms with van der Waals surface area (Å²) in [5.41, 5.74) is -3.41. The van der Waals surface area contributed by atoms with Gasteiger partial charge in [-0.25, -0.2) is 9.97 Å². The van der Waals surface area contributed by atoms with E-state index >= 15 is 0 Å². The topological polar surface area (TPSA) is 46.0 Å². The molecule has 0 aromatic carbocycles. The lowest BCUT2D eigenvalue weighted by Crippen LogP contribution is -2.39. The summed E-state index contributed by atoms with van der Waals surface area (Å²) in [6.45, 7) is 0.625. The molecule has 1 N–H and O–H groups in total. The van der Waals surface area contributed by atoms with E-state index in [1.807, 2.05) is 0 Å². The smallest absolute Gasteiger partial charge is 0.376 e. The van der Waals surface area contributed by atoms with Gasteiger partial charge in [0.1, 0.15) is 0 Å². The number of aromatic nitrogens is 2. The Bertz CT molecular complexity index is 323. The number of rotatable bonds is 1. The molecular formula is C7H6ClF3N2O. The third-order valence-corrected chi connectivity index (χ3v) is 1.93. The van der Waals surface area contributed by atoms with Crippen LogP contribution in [0.4, 0.5) is 13.2 Å². The van der Waals surface area contributed by atoms with E-state index in [4.69, 9.17) is 16.7 Å².